The average Bonchev–Trinajstić information content (AvgIpc) is 2.66. The lowest BCUT2D eigenvalue weighted by molar-refractivity contribution is -0.295. The summed E-state index contributed by atoms with van der Waals surface area (Å²) < 4.78 is 77.3. The largest absolute Gasteiger partial charge is 0.490 e. The van der Waals surface area contributed by atoms with E-state index in [0.717, 1.165) is 0 Å². The van der Waals surface area contributed by atoms with Gasteiger partial charge < -0.3 is 19.1 Å². The van der Waals surface area contributed by atoms with E-state index in [9.17, 15) is 31.5 Å². The Kier molecular flexibility index (Phi) is 8.08. The number of piperidine rings is 1. The molecule has 0 radical (unpaired) electrons. The number of nitrogens with zero attached hydrogens (tertiary/aromatic N) is 1. The summed E-state index contributed by atoms with van der Waals surface area (Å²) in [5.41, 5.74) is -0.485. The van der Waals surface area contributed by atoms with Gasteiger partial charge in [-0.1, -0.05) is 0 Å². The highest BCUT2D eigenvalue weighted by Crippen LogP contribution is 2.35. The Morgan fingerprint density at radius 1 is 1.00 bits per heavy atom. The summed E-state index contributed by atoms with van der Waals surface area (Å²) in [6, 6.07) is 5.74. The molecule has 0 unspecified atom stereocenters. The molecule has 1 aromatic rings. The van der Waals surface area contributed by atoms with Crippen LogP contribution in [0.3, 0.4) is 0 Å². The first-order valence-electron chi connectivity index (χ1n) is 9.98. The third-order valence-electron chi connectivity index (χ3n) is 4.50. The fourth-order valence-corrected chi connectivity index (χ4v) is 2.83. The zero-order valence-electron chi connectivity index (χ0n) is 18.0. The van der Waals surface area contributed by atoms with E-state index in [-0.39, 0.29) is 17.8 Å². The van der Waals surface area contributed by atoms with E-state index >= 15 is 0 Å². The summed E-state index contributed by atoms with van der Waals surface area (Å²) in [6.45, 7) is 3.48. The maximum atomic E-state index is 12.8. The highest BCUT2D eigenvalue weighted by atomic mass is 19.4. The van der Waals surface area contributed by atoms with E-state index in [1.54, 1.807) is 25.7 Å². The van der Waals surface area contributed by atoms with Gasteiger partial charge in [-0.25, -0.2) is 4.79 Å². The summed E-state index contributed by atoms with van der Waals surface area (Å²) in [4.78, 5) is 25.6. The van der Waals surface area contributed by atoms with Crippen molar-refractivity contribution in [3.8, 4) is 5.75 Å². The van der Waals surface area contributed by atoms with Gasteiger partial charge in [-0.15, -0.1) is 0 Å². The number of Topliss-reactive ketones (excluding diaryl/α,β-unsaturated/α-hetero) is 1. The second kappa shape index (κ2) is 10.0. The van der Waals surface area contributed by atoms with Crippen LogP contribution in [0.4, 0.5) is 26.7 Å². The maximum Gasteiger partial charge on any atom is 0.455 e. The number of rotatable bonds is 7. The number of hydrogen-bond acceptors (Lipinski definition) is 5. The summed E-state index contributed by atoms with van der Waals surface area (Å²) in [5, 5.41) is 0. The number of alkyl halides is 5. The third-order valence-corrected chi connectivity index (χ3v) is 4.50. The number of hydrogen-bond donors (Lipinski definition) is 0. The van der Waals surface area contributed by atoms with Gasteiger partial charge in [0.15, 0.2) is 5.78 Å². The van der Waals surface area contributed by atoms with Crippen molar-refractivity contribution < 1.29 is 45.8 Å². The molecule has 0 aliphatic carbocycles. The Morgan fingerprint density at radius 3 is 2.06 bits per heavy atom. The molecule has 11 heteroatoms. The molecular weight excluding hydrogens is 441 g/mol. The fraction of sp³-hybridized carbons (Fsp3) is 0.619. The molecule has 1 saturated heterocycles. The molecule has 0 saturated carbocycles. The van der Waals surface area contributed by atoms with Crippen LogP contribution in [0.25, 0.3) is 0 Å². The molecule has 2 rings (SSSR count). The van der Waals surface area contributed by atoms with Gasteiger partial charge >= 0.3 is 18.2 Å². The van der Waals surface area contributed by atoms with Gasteiger partial charge in [-0.05, 0) is 45.0 Å². The third kappa shape index (κ3) is 7.61. The van der Waals surface area contributed by atoms with Crippen LogP contribution in [0.5, 0.6) is 5.75 Å². The van der Waals surface area contributed by atoms with E-state index in [1.807, 2.05) is 0 Å². The molecule has 1 aromatic carbocycles. The summed E-state index contributed by atoms with van der Waals surface area (Å²) >= 11 is 0. The van der Waals surface area contributed by atoms with E-state index < -0.39 is 36.7 Å². The molecule has 1 heterocycles. The molecular formula is C21H26F5NO5. The molecule has 180 valence electrons. The van der Waals surface area contributed by atoms with Gasteiger partial charge in [0.05, 0.1) is 0 Å². The minimum absolute atomic E-state index is 0.0902. The average molecular weight is 467 g/mol. The second-order valence-electron chi connectivity index (χ2n) is 8.43. The van der Waals surface area contributed by atoms with Gasteiger partial charge in [-0.2, -0.15) is 22.0 Å². The standard InChI is InChI=1S/C21H26F5NO5/c1-19(2,3)32-18(29)27-10-8-16(9-11-27)31-15-6-4-14(5-7-15)17(28)12-30-13-20(22,23)21(24,25)26/h4-7,16H,8-13H2,1-3H3. The van der Waals surface area contributed by atoms with Gasteiger partial charge in [-0.3, -0.25) is 4.79 Å². The van der Waals surface area contributed by atoms with Crippen LogP contribution < -0.4 is 4.74 Å². The summed E-state index contributed by atoms with van der Waals surface area (Å²) in [5.74, 6) is -5.30. The lowest BCUT2D eigenvalue weighted by Gasteiger charge is -2.33. The van der Waals surface area contributed by atoms with Crippen molar-refractivity contribution in [1.82, 2.24) is 4.90 Å². The highest BCUT2D eigenvalue weighted by Gasteiger charge is 2.57. The Balaban J connectivity index is 1.78. The van der Waals surface area contributed by atoms with Crippen LogP contribution in [0, 0.1) is 0 Å². The van der Waals surface area contributed by atoms with Gasteiger partial charge in [0.1, 0.15) is 30.7 Å². The smallest absolute Gasteiger partial charge is 0.455 e. The number of halogens is 5. The molecule has 0 spiro atoms. The number of amides is 1. The molecule has 0 atom stereocenters. The summed E-state index contributed by atoms with van der Waals surface area (Å²) in [6.07, 6.45) is -5.10. The van der Waals surface area contributed by atoms with Crippen LogP contribution in [0.15, 0.2) is 24.3 Å². The van der Waals surface area contributed by atoms with Gasteiger partial charge in [0.25, 0.3) is 0 Å². The normalized spacial score (nSPS) is 16.1. The predicted octanol–water partition coefficient (Wildman–Crippen LogP) is 4.86. The highest BCUT2D eigenvalue weighted by molar-refractivity contribution is 5.97. The lowest BCUT2D eigenvalue weighted by Crippen LogP contribution is -2.44. The van der Waals surface area contributed by atoms with Crippen LogP contribution >= 0.6 is 0 Å². The minimum Gasteiger partial charge on any atom is -0.490 e. The number of ether oxygens (including phenoxy) is 3. The fourth-order valence-electron chi connectivity index (χ4n) is 2.83. The molecule has 1 aliphatic heterocycles. The van der Waals surface area contributed by atoms with Crippen molar-refractivity contribution >= 4 is 11.9 Å². The van der Waals surface area contributed by atoms with Crippen LogP contribution in [-0.4, -0.2) is 66.9 Å². The van der Waals surface area contributed by atoms with Gasteiger partial charge in [0, 0.05) is 31.5 Å². The van der Waals surface area contributed by atoms with Crippen molar-refractivity contribution in [2.24, 2.45) is 0 Å². The van der Waals surface area contributed by atoms with E-state index in [0.29, 0.717) is 31.7 Å². The lowest BCUT2D eigenvalue weighted by atomic mass is 10.1. The molecule has 1 fully saturated rings. The van der Waals surface area contributed by atoms with Crippen LogP contribution in [0.1, 0.15) is 44.0 Å². The molecule has 1 amide bonds. The Bertz CT molecular complexity index is 781. The molecule has 0 N–H and O–H groups in total. The molecule has 0 bridgehead atoms. The molecule has 32 heavy (non-hydrogen) atoms. The van der Waals surface area contributed by atoms with Crippen LogP contribution in [0.2, 0.25) is 0 Å². The minimum atomic E-state index is -5.74. The summed E-state index contributed by atoms with van der Waals surface area (Å²) in [7, 11) is 0. The van der Waals surface area contributed by atoms with Crippen molar-refractivity contribution in [2.75, 3.05) is 26.3 Å². The molecule has 0 aromatic heterocycles. The number of likely N-dealkylation sites (tertiary alicyclic amines) is 1. The zero-order chi connectivity index (χ0) is 24.2. The quantitative estimate of drug-likeness (QED) is 0.423. The van der Waals surface area contributed by atoms with Gasteiger partial charge in [0.2, 0.25) is 0 Å². The van der Waals surface area contributed by atoms with Crippen LogP contribution in [-0.2, 0) is 9.47 Å². The van der Waals surface area contributed by atoms with Crippen molar-refractivity contribution in [3.05, 3.63) is 29.8 Å². The predicted molar refractivity (Wildman–Crippen MR) is 104 cm³/mol. The number of carbonyl (C=O) groups excluding carboxylic acids is 2. The zero-order valence-corrected chi connectivity index (χ0v) is 18.0. The first-order valence-corrected chi connectivity index (χ1v) is 9.98. The Hall–Kier alpha value is -2.43. The Labute approximate surface area is 182 Å². The number of ketones is 1. The topological polar surface area (TPSA) is 65.1 Å². The van der Waals surface area contributed by atoms with E-state index in [4.69, 9.17) is 9.47 Å². The molecule has 1 aliphatic rings. The maximum absolute atomic E-state index is 12.8. The SMILES string of the molecule is CC(C)(C)OC(=O)N1CCC(Oc2ccc(C(=O)COCC(F)(F)C(F)(F)F)cc2)CC1. The van der Waals surface area contributed by atoms with Crippen molar-refractivity contribution in [2.45, 2.75) is 57.4 Å². The first kappa shape index (κ1) is 25.8. The number of benzene rings is 1. The first-order chi connectivity index (χ1) is 14.7. The van der Waals surface area contributed by atoms with Crippen molar-refractivity contribution in [1.29, 1.82) is 0 Å². The number of carbonyl (C=O) groups is 2. The van der Waals surface area contributed by atoms with E-state index in [1.165, 1.54) is 24.3 Å². The van der Waals surface area contributed by atoms with Crippen molar-refractivity contribution in [3.63, 3.8) is 0 Å². The Morgan fingerprint density at radius 2 is 1.56 bits per heavy atom. The monoisotopic (exact) mass is 467 g/mol. The second-order valence-corrected chi connectivity index (χ2v) is 8.43. The molecule has 6 nitrogen and oxygen atoms in total. The van der Waals surface area contributed by atoms with E-state index in [2.05, 4.69) is 4.74 Å².